The first-order chi connectivity index (χ1) is 9.78. The van der Waals surface area contributed by atoms with Crippen LogP contribution in [0.3, 0.4) is 0 Å². The molecule has 2 N–H and O–H groups in total. The molecule has 3 nitrogen and oxygen atoms in total. The van der Waals surface area contributed by atoms with E-state index in [0.29, 0.717) is 11.6 Å². The first-order valence-electron chi connectivity index (χ1n) is 6.15. The third kappa shape index (κ3) is 2.63. The molecule has 20 heavy (non-hydrogen) atoms. The second kappa shape index (κ2) is 5.79. The number of hydrogen-bond donors (Lipinski definition) is 1. The molecular formula is C15H12ClN3S. The minimum absolute atomic E-state index is 0.435. The lowest BCUT2D eigenvalue weighted by molar-refractivity contribution is 0.978. The van der Waals surface area contributed by atoms with E-state index >= 15 is 0 Å². The minimum Gasteiger partial charge on any atom is -0.326 e. The molecule has 1 aromatic carbocycles. The minimum atomic E-state index is 0.435. The summed E-state index contributed by atoms with van der Waals surface area (Å²) in [7, 11) is 0. The average molecular weight is 302 g/mol. The molecule has 0 atom stereocenters. The highest BCUT2D eigenvalue weighted by molar-refractivity contribution is 7.99. The Bertz CT molecular complexity index is 761. The van der Waals surface area contributed by atoms with Crippen LogP contribution in [0.25, 0.3) is 10.9 Å². The zero-order valence-electron chi connectivity index (χ0n) is 10.6. The molecule has 0 saturated carbocycles. The molecule has 5 heteroatoms. The number of nitrogens with zero attached hydrogens (tertiary/aromatic N) is 2. The van der Waals surface area contributed by atoms with Gasteiger partial charge in [-0.05, 0) is 41.6 Å². The predicted molar refractivity (Wildman–Crippen MR) is 83.0 cm³/mol. The fourth-order valence-corrected chi connectivity index (χ4v) is 3.03. The van der Waals surface area contributed by atoms with Gasteiger partial charge in [0.05, 0.1) is 10.5 Å². The Hall–Kier alpha value is -1.62. The summed E-state index contributed by atoms with van der Waals surface area (Å²) in [4.78, 5) is 8.95. The SMILES string of the molecule is NCc1cc2ccccc2nc1Sc1ncccc1Cl. The van der Waals surface area contributed by atoms with E-state index in [1.54, 1.807) is 6.20 Å². The Morgan fingerprint density at radius 2 is 1.95 bits per heavy atom. The van der Waals surface area contributed by atoms with Gasteiger partial charge in [0, 0.05) is 18.1 Å². The zero-order chi connectivity index (χ0) is 13.9. The molecule has 0 fully saturated rings. The maximum atomic E-state index is 6.15. The summed E-state index contributed by atoms with van der Waals surface area (Å²) < 4.78 is 0. The molecule has 0 bridgehead atoms. The van der Waals surface area contributed by atoms with E-state index in [1.807, 2.05) is 36.4 Å². The van der Waals surface area contributed by atoms with E-state index in [9.17, 15) is 0 Å². The van der Waals surface area contributed by atoms with Crippen LogP contribution in [0.1, 0.15) is 5.56 Å². The van der Waals surface area contributed by atoms with Gasteiger partial charge in [0.2, 0.25) is 0 Å². The summed E-state index contributed by atoms with van der Waals surface area (Å²) in [6.45, 7) is 0.435. The van der Waals surface area contributed by atoms with Gasteiger partial charge in [0.15, 0.2) is 0 Å². The summed E-state index contributed by atoms with van der Waals surface area (Å²) >= 11 is 7.59. The zero-order valence-corrected chi connectivity index (χ0v) is 12.2. The Labute approximate surface area is 126 Å². The van der Waals surface area contributed by atoms with Gasteiger partial charge in [-0.2, -0.15) is 0 Å². The first-order valence-corrected chi connectivity index (χ1v) is 7.34. The first kappa shape index (κ1) is 13.4. The molecule has 0 saturated heterocycles. The highest BCUT2D eigenvalue weighted by Gasteiger charge is 2.10. The second-order valence-electron chi connectivity index (χ2n) is 4.24. The molecule has 100 valence electrons. The van der Waals surface area contributed by atoms with Gasteiger partial charge in [-0.1, -0.05) is 29.8 Å². The standard InChI is InChI=1S/C15H12ClN3S/c16-12-5-3-7-18-15(12)20-14-11(9-17)8-10-4-1-2-6-13(10)19-14/h1-8H,9,17H2. The summed E-state index contributed by atoms with van der Waals surface area (Å²) in [5.41, 5.74) is 7.77. The number of aromatic nitrogens is 2. The molecule has 3 rings (SSSR count). The number of rotatable bonds is 3. The van der Waals surface area contributed by atoms with Crippen LogP contribution < -0.4 is 5.73 Å². The summed E-state index contributed by atoms with van der Waals surface area (Å²) in [6.07, 6.45) is 1.72. The number of nitrogens with two attached hydrogens (primary N) is 1. The summed E-state index contributed by atoms with van der Waals surface area (Å²) in [5, 5.41) is 3.30. The van der Waals surface area contributed by atoms with E-state index in [0.717, 1.165) is 26.5 Å². The lowest BCUT2D eigenvalue weighted by Crippen LogP contribution is -2.01. The topological polar surface area (TPSA) is 51.8 Å². The predicted octanol–water partition coefficient (Wildman–Crippen LogP) is 3.89. The fraction of sp³-hybridized carbons (Fsp3) is 0.0667. The Morgan fingerprint density at radius 3 is 2.75 bits per heavy atom. The number of benzene rings is 1. The van der Waals surface area contributed by atoms with Crippen molar-refractivity contribution in [2.24, 2.45) is 5.73 Å². The third-order valence-corrected chi connectivity index (χ3v) is 4.38. The summed E-state index contributed by atoms with van der Waals surface area (Å²) in [6, 6.07) is 13.7. The lowest BCUT2D eigenvalue weighted by Gasteiger charge is -2.09. The number of hydrogen-bond acceptors (Lipinski definition) is 4. The van der Waals surface area contributed by atoms with Crippen LogP contribution in [-0.2, 0) is 6.54 Å². The van der Waals surface area contributed by atoms with Gasteiger partial charge in [0.25, 0.3) is 0 Å². The molecule has 2 heterocycles. The number of pyridine rings is 2. The second-order valence-corrected chi connectivity index (χ2v) is 5.63. The van der Waals surface area contributed by atoms with E-state index in [2.05, 4.69) is 16.0 Å². The quantitative estimate of drug-likeness (QED) is 0.797. The Balaban J connectivity index is 2.08. The van der Waals surface area contributed by atoms with Crippen molar-refractivity contribution in [1.29, 1.82) is 0 Å². The van der Waals surface area contributed by atoms with Crippen molar-refractivity contribution in [3.63, 3.8) is 0 Å². The highest BCUT2D eigenvalue weighted by atomic mass is 35.5. The molecule has 0 aliphatic rings. The van der Waals surface area contributed by atoms with E-state index < -0.39 is 0 Å². The number of fused-ring (bicyclic) bond motifs is 1. The van der Waals surface area contributed by atoms with Crippen LogP contribution in [0.4, 0.5) is 0 Å². The Kier molecular flexibility index (Phi) is 3.87. The van der Waals surface area contributed by atoms with Crippen LogP contribution in [0.15, 0.2) is 58.7 Å². The maximum Gasteiger partial charge on any atom is 0.121 e. The monoisotopic (exact) mass is 301 g/mol. The molecule has 0 radical (unpaired) electrons. The van der Waals surface area contributed by atoms with Crippen LogP contribution in [0.2, 0.25) is 5.02 Å². The van der Waals surface area contributed by atoms with Crippen LogP contribution in [0, 0.1) is 0 Å². The van der Waals surface area contributed by atoms with Crippen molar-refractivity contribution < 1.29 is 0 Å². The fourth-order valence-electron chi connectivity index (χ4n) is 1.91. The van der Waals surface area contributed by atoms with Gasteiger partial charge < -0.3 is 5.73 Å². The number of para-hydroxylation sites is 1. The molecule has 3 aromatic rings. The molecule has 0 aliphatic carbocycles. The van der Waals surface area contributed by atoms with Gasteiger partial charge in [-0.25, -0.2) is 9.97 Å². The van der Waals surface area contributed by atoms with Crippen molar-refractivity contribution >= 4 is 34.3 Å². The van der Waals surface area contributed by atoms with Crippen molar-refractivity contribution in [2.45, 2.75) is 16.6 Å². The molecule has 2 aromatic heterocycles. The lowest BCUT2D eigenvalue weighted by atomic mass is 10.1. The largest absolute Gasteiger partial charge is 0.326 e. The molecular weight excluding hydrogens is 290 g/mol. The Morgan fingerprint density at radius 1 is 1.10 bits per heavy atom. The van der Waals surface area contributed by atoms with Crippen LogP contribution >= 0.6 is 23.4 Å². The maximum absolute atomic E-state index is 6.15. The van der Waals surface area contributed by atoms with Crippen LogP contribution in [0.5, 0.6) is 0 Å². The molecule has 0 unspecified atom stereocenters. The van der Waals surface area contributed by atoms with Gasteiger partial charge in [0.1, 0.15) is 10.1 Å². The third-order valence-electron chi connectivity index (χ3n) is 2.90. The van der Waals surface area contributed by atoms with E-state index in [1.165, 1.54) is 11.8 Å². The van der Waals surface area contributed by atoms with Crippen molar-refractivity contribution in [1.82, 2.24) is 9.97 Å². The average Bonchev–Trinajstić information content (AvgIpc) is 2.49. The van der Waals surface area contributed by atoms with Crippen LogP contribution in [-0.4, -0.2) is 9.97 Å². The highest BCUT2D eigenvalue weighted by Crippen LogP contribution is 2.33. The summed E-state index contributed by atoms with van der Waals surface area (Å²) in [5.74, 6) is 0. The van der Waals surface area contributed by atoms with Gasteiger partial charge in [-0.15, -0.1) is 0 Å². The molecule has 0 spiro atoms. The normalized spacial score (nSPS) is 10.9. The number of halogens is 1. The van der Waals surface area contributed by atoms with Gasteiger partial charge in [-0.3, -0.25) is 0 Å². The molecule has 0 amide bonds. The van der Waals surface area contributed by atoms with Gasteiger partial charge >= 0.3 is 0 Å². The smallest absolute Gasteiger partial charge is 0.121 e. The van der Waals surface area contributed by atoms with E-state index in [-0.39, 0.29) is 0 Å². The van der Waals surface area contributed by atoms with E-state index in [4.69, 9.17) is 17.3 Å². The van der Waals surface area contributed by atoms with Crippen molar-refractivity contribution in [2.75, 3.05) is 0 Å². The van der Waals surface area contributed by atoms with Crippen molar-refractivity contribution in [3.05, 3.63) is 59.2 Å². The molecule has 0 aliphatic heterocycles. The van der Waals surface area contributed by atoms with Crippen molar-refractivity contribution in [3.8, 4) is 0 Å².